The lowest BCUT2D eigenvalue weighted by atomic mass is 9.78. The van der Waals surface area contributed by atoms with Gasteiger partial charge in [0.05, 0.1) is 0 Å². The lowest BCUT2D eigenvalue weighted by Gasteiger charge is -2.30. The van der Waals surface area contributed by atoms with Crippen LogP contribution >= 0.6 is 11.8 Å². The molecule has 0 heterocycles. The van der Waals surface area contributed by atoms with Crippen LogP contribution in [0.25, 0.3) is 0 Å². The number of hydrogen-bond donors (Lipinski definition) is 2. The monoisotopic (exact) mass is 284 g/mol. The summed E-state index contributed by atoms with van der Waals surface area (Å²) in [6.07, 6.45) is 8.17. The highest BCUT2D eigenvalue weighted by Crippen LogP contribution is 2.32. The summed E-state index contributed by atoms with van der Waals surface area (Å²) in [4.78, 5) is 12.4. The first-order valence-electron chi connectivity index (χ1n) is 7.86. The molecule has 0 bridgehead atoms. The molecule has 2 aliphatic rings. The van der Waals surface area contributed by atoms with Gasteiger partial charge in [0.15, 0.2) is 0 Å². The van der Waals surface area contributed by atoms with Crippen molar-refractivity contribution in [2.75, 3.05) is 12.3 Å². The maximum absolute atomic E-state index is 12.4. The molecule has 110 valence electrons. The largest absolute Gasteiger partial charge is 0.353 e. The molecule has 4 atom stereocenters. The molecule has 19 heavy (non-hydrogen) atoms. The molecule has 0 aromatic carbocycles. The van der Waals surface area contributed by atoms with E-state index < -0.39 is 0 Å². The molecular weight excluding hydrogens is 256 g/mol. The Labute approximate surface area is 121 Å². The Kier molecular flexibility index (Phi) is 6.02. The van der Waals surface area contributed by atoms with E-state index in [1.54, 1.807) is 0 Å². The molecule has 2 aliphatic carbocycles. The zero-order chi connectivity index (χ0) is 13.7. The van der Waals surface area contributed by atoms with E-state index in [9.17, 15) is 4.79 Å². The Balaban J connectivity index is 1.80. The molecule has 4 unspecified atom stereocenters. The first-order valence-corrected chi connectivity index (χ1v) is 8.91. The van der Waals surface area contributed by atoms with E-state index in [4.69, 9.17) is 5.73 Å². The minimum atomic E-state index is 0.177. The lowest BCUT2D eigenvalue weighted by Crippen LogP contribution is -2.43. The predicted octanol–water partition coefficient (Wildman–Crippen LogP) is 2.54. The molecule has 0 aliphatic heterocycles. The summed E-state index contributed by atoms with van der Waals surface area (Å²) in [5.74, 6) is 2.05. The van der Waals surface area contributed by atoms with E-state index >= 15 is 0 Å². The van der Waals surface area contributed by atoms with Crippen molar-refractivity contribution < 1.29 is 4.79 Å². The minimum Gasteiger partial charge on any atom is -0.353 e. The molecule has 0 aromatic rings. The molecule has 2 rings (SSSR count). The normalized spacial score (nSPS) is 35.3. The van der Waals surface area contributed by atoms with Crippen LogP contribution in [0.1, 0.15) is 51.9 Å². The number of nitrogens with two attached hydrogens (primary N) is 1. The number of thioether (sulfide) groups is 1. The van der Waals surface area contributed by atoms with Crippen LogP contribution in [0, 0.1) is 11.8 Å². The summed E-state index contributed by atoms with van der Waals surface area (Å²) in [6.45, 7) is 2.88. The molecule has 3 N–H and O–H groups in total. The predicted molar refractivity (Wildman–Crippen MR) is 82.2 cm³/mol. The summed E-state index contributed by atoms with van der Waals surface area (Å²) in [5, 5.41) is 4.05. The van der Waals surface area contributed by atoms with Crippen molar-refractivity contribution in [1.29, 1.82) is 0 Å². The van der Waals surface area contributed by atoms with Crippen molar-refractivity contribution in [1.82, 2.24) is 5.32 Å². The highest BCUT2D eigenvalue weighted by atomic mass is 32.2. The summed E-state index contributed by atoms with van der Waals surface area (Å²) in [6, 6.07) is 0.414. The Morgan fingerprint density at radius 1 is 1.26 bits per heavy atom. The van der Waals surface area contributed by atoms with Gasteiger partial charge in [-0.15, -0.1) is 0 Å². The molecule has 1 amide bonds. The van der Waals surface area contributed by atoms with Crippen molar-refractivity contribution in [3.8, 4) is 0 Å². The van der Waals surface area contributed by atoms with Crippen LogP contribution < -0.4 is 11.1 Å². The van der Waals surface area contributed by atoms with E-state index in [2.05, 4.69) is 12.2 Å². The third kappa shape index (κ3) is 4.12. The van der Waals surface area contributed by atoms with Crippen LogP contribution in [0.2, 0.25) is 0 Å². The third-order valence-electron chi connectivity index (χ3n) is 4.68. The van der Waals surface area contributed by atoms with E-state index in [1.165, 1.54) is 25.0 Å². The van der Waals surface area contributed by atoms with Gasteiger partial charge in [0.1, 0.15) is 0 Å². The van der Waals surface area contributed by atoms with Crippen LogP contribution in [0.3, 0.4) is 0 Å². The Morgan fingerprint density at radius 2 is 2.05 bits per heavy atom. The van der Waals surface area contributed by atoms with Gasteiger partial charge in [-0.2, -0.15) is 11.8 Å². The summed E-state index contributed by atoms with van der Waals surface area (Å²) < 4.78 is 0. The number of hydrogen-bond acceptors (Lipinski definition) is 3. The minimum absolute atomic E-state index is 0.177. The van der Waals surface area contributed by atoms with Crippen LogP contribution in [-0.2, 0) is 4.79 Å². The first-order chi connectivity index (χ1) is 9.24. The molecule has 0 saturated heterocycles. The van der Waals surface area contributed by atoms with Gasteiger partial charge in [-0.3, -0.25) is 4.79 Å². The van der Waals surface area contributed by atoms with E-state index in [0.717, 1.165) is 30.9 Å². The quantitative estimate of drug-likeness (QED) is 0.816. The number of nitrogens with one attached hydrogen (secondary N) is 1. The van der Waals surface area contributed by atoms with Crippen LogP contribution in [0.15, 0.2) is 0 Å². The fraction of sp³-hybridized carbons (Fsp3) is 0.933. The van der Waals surface area contributed by atoms with Gasteiger partial charge >= 0.3 is 0 Å². The average molecular weight is 284 g/mol. The van der Waals surface area contributed by atoms with E-state index in [-0.39, 0.29) is 11.8 Å². The number of amides is 1. The molecule has 3 nitrogen and oxygen atoms in total. The van der Waals surface area contributed by atoms with Gasteiger partial charge in [0, 0.05) is 17.2 Å². The SMILES string of the molecule is CCSC1CCC(NC(=O)C2CCCCC2CN)C1. The molecule has 0 radical (unpaired) electrons. The second kappa shape index (κ2) is 7.53. The third-order valence-corrected chi connectivity index (χ3v) is 5.91. The highest BCUT2D eigenvalue weighted by molar-refractivity contribution is 7.99. The fourth-order valence-electron chi connectivity index (χ4n) is 3.60. The highest BCUT2D eigenvalue weighted by Gasteiger charge is 2.32. The second-order valence-electron chi connectivity index (χ2n) is 5.98. The zero-order valence-electron chi connectivity index (χ0n) is 12.1. The molecule has 4 heteroatoms. The molecular formula is C15H28N2OS. The Hall–Kier alpha value is -0.220. The lowest BCUT2D eigenvalue weighted by molar-refractivity contribution is -0.128. The number of carbonyl (C=O) groups is 1. The molecule has 2 fully saturated rings. The van der Waals surface area contributed by atoms with Crippen molar-refractivity contribution in [2.24, 2.45) is 17.6 Å². The van der Waals surface area contributed by atoms with Crippen LogP contribution in [0.4, 0.5) is 0 Å². The summed E-state index contributed by atoms with van der Waals surface area (Å²) >= 11 is 2.04. The van der Waals surface area contributed by atoms with Crippen molar-refractivity contribution in [3.63, 3.8) is 0 Å². The van der Waals surface area contributed by atoms with Crippen LogP contribution in [-0.4, -0.2) is 29.5 Å². The maximum atomic E-state index is 12.4. The van der Waals surface area contributed by atoms with Gasteiger partial charge in [0.2, 0.25) is 5.91 Å². The summed E-state index contributed by atoms with van der Waals surface area (Å²) in [5.41, 5.74) is 5.82. The van der Waals surface area contributed by atoms with E-state index in [0.29, 0.717) is 18.5 Å². The van der Waals surface area contributed by atoms with Gasteiger partial charge in [-0.25, -0.2) is 0 Å². The van der Waals surface area contributed by atoms with E-state index in [1.807, 2.05) is 11.8 Å². The smallest absolute Gasteiger partial charge is 0.223 e. The van der Waals surface area contributed by atoms with Gasteiger partial charge in [-0.1, -0.05) is 19.8 Å². The van der Waals surface area contributed by atoms with Crippen molar-refractivity contribution >= 4 is 17.7 Å². The van der Waals surface area contributed by atoms with Crippen molar-refractivity contribution in [2.45, 2.75) is 63.2 Å². The number of carbonyl (C=O) groups excluding carboxylic acids is 1. The number of rotatable bonds is 5. The molecule has 0 aromatic heterocycles. The van der Waals surface area contributed by atoms with Gasteiger partial charge in [-0.05, 0) is 50.3 Å². The van der Waals surface area contributed by atoms with Gasteiger partial charge in [0.25, 0.3) is 0 Å². The first kappa shape index (κ1) is 15.2. The van der Waals surface area contributed by atoms with Crippen molar-refractivity contribution in [3.05, 3.63) is 0 Å². The maximum Gasteiger partial charge on any atom is 0.223 e. The second-order valence-corrected chi connectivity index (χ2v) is 7.56. The Morgan fingerprint density at radius 3 is 2.79 bits per heavy atom. The Bertz CT molecular complexity index is 298. The summed E-state index contributed by atoms with van der Waals surface area (Å²) in [7, 11) is 0. The average Bonchev–Trinajstić information content (AvgIpc) is 2.86. The molecule has 2 saturated carbocycles. The fourth-order valence-corrected chi connectivity index (χ4v) is 4.74. The van der Waals surface area contributed by atoms with Gasteiger partial charge < -0.3 is 11.1 Å². The topological polar surface area (TPSA) is 55.1 Å². The zero-order valence-corrected chi connectivity index (χ0v) is 12.9. The standard InChI is InChI=1S/C15H28N2OS/c1-2-19-13-8-7-12(9-13)17-15(18)14-6-4-3-5-11(14)10-16/h11-14H,2-10,16H2,1H3,(H,17,18). The molecule has 0 spiro atoms. The van der Waals surface area contributed by atoms with Crippen LogP contribution in [0.5, 0.6) is 0 Å².